The first-order valence-electron chi connectivity index (χ1n) is 8.53. The summed E-state index contributed by atoms with van der Waals surface area (Å²) in [5.41, 5.74) is 3.74. The molecule has 26 heavy (non-hydrogen) atoms. The van der Waals surface area contributed by atoms with E-state index in [-0.39, 0.29) is 30.0 Å². The van der Waals surface area contributed by atoms with Crippen LogP contribution in [0.3, 0.4) is 0 Å². The maximum atomic E-state index is 4.42. The molecule has 2 rings (SSSR count). The van der Waals surface area contributed by atoms with Gasteiger partial charge in [-0.15, -0.1) is 24.0 Å². The molecule has 1 N–H and O–H groups in total. The zero-order valence-electron chi connectivity index (χ0n) is 16.6. The fraction of sp³-hybridized carbons (Fsp3) is 0.474. The fourth-order valence-electron chi connectivity index (χ4n) is 2.83. The van der Waals surface area contributed by atoms with E-state index < -0.39 is 0 Å². The Morgan fingerprint density at radius 1 is 1.23 bits per heavy atom. The lowest BCUT2D eigenvalue weighted by Gasteiger charge is -2.27. The van der Waals surface area contributed by atoms with Gasteiger partial charge in [-0.25, -0.2) is 0 Å². The first kappa shape index (κ1) is 22.4. The summed E-state index contributed by atoms with van der Waals surface area (Å²) in [7, 11) is 9.99. The van der Waals surface area contributed by atoms with Crippen molar-refractivity contribution in [2.45, 2.75) is 19.5 Å². The number of benzene rings is 1. The van der Waals surface area contributed by atoms with Crippen molar-refractivity contribution in [3.63, 3.8) is 0 Å². The van der Waals surface area contributed by atoms with E-state index in [0.717, 1.165) is 19.0 Å². The van der Waals surface area contributed by atoms with Gasteiger partial charge >= 0.3 is 0 Å². The van der Waals surface area contributed by atoms with Crippen molar-refractivity contribution in [1.82, 2.24) is 24.9 Å². The summed E-state index contributed by atoms with van der Waals surface area (Å²) in [6, 6.07) is 8.85. The van der Waals surface area contributed by atoms with E-state index in [1.165, 1.54) is 16.7 Å². The minimum Gasteiger partial charge on any atom is -0.354 e. The number of aromatic nitrogens is 2. The Kier molecular flexibility index (Phi) is 9.07. The number of guanidine groups is 1. The second kappa shape index (κ2) is 10.5. The lowest BCUT2D eigenvalue weighted by molar-refractivity contribution is 0.295. The molecular weight excluding hydrogens is 439 g/mol. The highest BCUT2D eigenvalue weighted by molar-refractivity contribution is 14.0. The van der Waals surface area contributed by atoms with E-state index in [9.17, 15) is 0 Å². The summed E-state index contributed by atoms with van der Waals surface area (Å²) in [4.78, 5) is 8.76. The molecule has 0 saturated carbocycles. The van der Waals surface area contributed by atoms with Crippen LogP contribution in [0.15, 0.2) is 41.7 Å². The van der Waals surface area contributed by atoms with Crippen LogP contribution in [0.2, 0.25) is 0 Å². The third-order valence-corrected chi connectivity index (χ3v) is 4.30. The van der Waals surface area contributed by atoms with Gasteiger partial charge in [-0.3, -0.25) is 9.67 Å². The Morgan fingerprint density at radius 3 is 2.38 bits per heavy atom. The third kappa shape index (κ3) is 6.28. The molecule has 144 valence electrons. The molecule has 2 aromatic rings. The number of rotatable bonds is 6. The van der Waals surface area contributed by atoms with Crippen molar-refractivity contribution in [2.75, 3.05) is 34.7 Å². The van der Waals surface area contributed by atoms with E-state index >= 15 is 0 Å². The maximum absolute atomic E-state index is 4.42. The van der Waals surface area contributed by atoms with Crippen LogP contribution >= 0.6 is 24.0 Å². The van der Waals surface area contributed by atoms with Crippen molar-refractivity contribution < 1.29 is 0 Å². The van der Waals surface area contributed by atoms with Gasteiger partial charge in [-0.05, 0) is 26.6 Å². The van der Waals surface area contributed by atoms with Gasteiger partial charge in [0.1, 0.15) is 0 Å². The molecule has 0 amide bonds. The zero-order valence-corrected chi connectivity index (χ0v) is 18.9. The average Bonchev–Trinajstić information content (AvgIpc) is 2.99. The van der Waals surface area contributed by atoms with Crippen molar-refractivity contribution in [2.24, 2.45) is 12.0 Å². The Labute approximate surface area is 174 Å². The number of halogens is 1. The molecule has 0 radical (unpaired) electrons. The van der Waals surface area contributed by atoms with E-state index in [1.54, 1.807) is 0 Å². The average molecular weight is 470 g/mol. The molecule has 0 spiro atoms. The molecule has 0 aliphatic rings. The molecule has 6 nitrogen and oxygen atoms in total. The monoisotopic (exact) mass is 470 g/mol. The molecule has 0 aliphatic carbocycles. The summed E-state index contributed by atoms with van der Waals surface area (Å²) >= 11 is 0. The van der Waals surface area contributed by atoms with Crippen LogP contribution in [0.25, 0.3) is 0 Å². The van der Waals surface area contributed by atoms with Crippen molar-refractivity contribution in [3.8, 4) is 0 Å². The fourth-order valence-corrected chi connectivity index (χ4v) is 2.83. The van der Waals surface area contributed by atoms with Gasteiger partial charge in [0.15, 0.2) is 5.96 Å². The smallest absolute Gasteiger partial charge is 0.193 e. The standard InChI is InChI=1S/C19H30N6.HI/c1-15-7-9-16(10-8-15)13-24(5)19(20-2)21-12-18(23(3)4)17-11-22-25(6)14-17;/h7-11,14,18H,12-13H2,1-6H3,(H,20,21);1H. The number of hydrogen-bond donors (Lipinski definition) is 1. The van der Waals surface area contributed by atoms with Gasteiger partial charge in [-0.1, -0.05) is 29.8 Å². The van der Waals surface area contributed by atoms with Gasteiger partial charge in [0.2, 0.25) is 0 Å². The highest BCUT2D eigenvalue weighted by Crippen LogP contribution is 2.16. The zero-order chi connectivity index (χ0) is 18.4. The number of likely N-dealkylation sites (N-methyl/N-ethyl adjacent to an activating group) is 1. The molecule has 1 atom stereocenters. The molecule has 0 fully saturated rings. The van der Waals surface area contributed by atoms with Crippen LogP contribution in [0.5, 0.6) is 0 Å². The highest BCUT2D eigenvalue weighted by atomic mass is 127. The number of aryl methyl sites for hydroxylation is 2. The SMILES string of the molecule is CN=C(NCC(c1cnn(C)c1)N(C)C)N(C)Cc1ccc(C)cc1.I. The van der Waals surface area contributed by atoms with Crippen LogP contribution in [0.1, 0.15) is 22.7 Å². The third-order valence-electron chi connectivity index (χ3n) is 4.30. The lowest BCUT2D eigenvalue weighted by Crippen LogP contribution is -2.42. The maximum Gasteiger partial charge on any atom is 0.193 e. The highest BCUT2D eigenvalue weighted by Gasteiger charge is 2.17. The Balaban J connectivity index is 0.00000338. The minimum absolute atomic E-state index is 0. The normalized spacial score (nSPS) is 12.7. The molecule has 0 aliphatic heterocycles. The van der Waals surface area contributed by atoms with Crippen LogP contribution < -0.4 is 5.32 Å². The number of hydrogen-bond acceptors (Lipinski definition) is 3. The molecule has 1 aromatic carbocycles. The second-order valence-corrected chi connectivity index (χ2v) is 6.70. The van der Waals surface area contributed by atoms with Crippen molar-refractivity contribution in [1.29, 1.82) is 0 Å². The largest absolute Gasteiger partial charge is 0.354 e. The Bertz CT molecular complexity index is 692. The Morgan fingerprint density at radius 2 is 1.88 bits per heavy atom. The number of nitrogens with zero attached hydrogens (tertiary/aromatic N) is 5. The Hall–Kier alpha value is -1.61. The summed E-state index contributed by atoms with van der Waals surface area (Å²) < 4.78 is 1.84. The van der Waals surface area contributed by atoms with Crippen molar-refractivity contribution in [3.05, 3.63) is 53.3 Å². The van der Waals surface area contributed by atoms with Gasteiger partial charge in [0.05, 0.1) is 12.2 Å². The van der Waals surface area contributed by atoms with Crippen LogP contribution in [-0.4, -0.2) is 60.3 Å². The summed E-state index contributed by atoms with van der Waals surface area (Å²) in [6.07, 6.45) is 3.98. The quantitative estimate of drug-likeness (QED) is 0.401. The topological polar surface area (TPSA) is 48.7 Å². The molecule has 1 heterocycles. The molecule has 7 heteroatoms. The van der Waals surface area contributed by atoms with Gasteiger partial charge in [0.25, 0.3) is 0 Å². The van der Waals surface area contributed by atoms with E-state index in [0.29, 0.717) is 0 Å². The second-order valence-electron chi connectivity index (χ2n) is 6.70. The number of nitrogens with one attached hydrogen (secondary N) is 1. The van der Waals surface area contributed by atoms with Crippen LogP contribution in [0.4, 0.5) is 0 Å². The molecule has 0 bridgehead atoms. The summed E-state index contributed by atoms with van der Waals surface area (Å²) in [5, 5.41) is 7.77. The van der Waals surface area contributed by atoms with Gasteiger partial charge < -0.3 is 15.1 Å². The van der Waals surface area contributed by atoms with Crippen LogP contribution in [-0.2, 0) is 13.6 Å². The van der Waals surface area contributed by atoms with Crippen molar-refractivity contribution >= 4 is 29.9 Å². The van der Waals surface area contributed by atoms with Gasteiger partial charge in [0, 0.05) is 46.0 Å². The predicted octanol–water partition coefficient (Wildman–Crippen LogP) is 2.66. The van der Waals surface area contributed by atoms with E-state index in [1.807, 2.05) is 25.0 Å². The summed E-state index contributed by atoms with van der Waals surface area (Å²) in [5.74, 6) is 0.885. The molecular formula is C19H31IN6. The molecule has 0 saturated heterocycles. The minimum atomic E-state index is 0. The first-order valence-corrected chi connectivity index (χ1v) is 8.53. The summed E-state index contributed by atoms with van der Waals surface area (Å²) in [6.45, 7) is 3.69. The van der Waals surface area contributed by atoms with E-state index in [2.05, 4.69) is 83.7 Å². The molecule has 1 aromatic heterocycles. The number of aliphatic imine (C=N–C) groups is 1. The lowest BCUT2D eigenvalue weighted by atomic mass is 10.1. The van der Waals surface area contributed by atoms with Crippen LogP contribution in [0, 0.1) is 6.92 Å². The molecule has 1 unspecified atom stereocenters. The van der Waals surface area contributed by atoms with Gasteiger partial charge in [-0.2, -0.15) is 5.10 Å². The predicted molar refractivity (Wildman–Crippen MR) is 119 cm³/mol. The first-order chi connectivity index (χ1) is 11.9. The van der Waals surface area contributed by atoms with E-state index in [4.69, 9.17) is 0 Å².